The van der Waals surface area contributed by atoms with Crippen LogP contribution < -0.4 is 15.4 Å². The molecular formula is C23H29N3O3. The summed E-state index contributed by atoms with van der Waals surface area (Å²) in [5, 5.41) is 5.93. The molecule has 1 heterocycles. The highest BCUT2D eigenvalue weighted by atomic mass is 16.5. The van der Waals surface area contributed by atoms with E-state index in [1.54, 1.807) is 0 Å². The number of ether oxygens (including phenoxy) is 1. The summed E-state index contributed by atoms with van der Waals surface area (Å²) in [6.45, 7) is 4.36. The summed E-state index contributed by atoms with van der Waals surface area (Å²) < 4.78 is 5.39. The lowest BCUT2D eigenvalue weighted by Crippen LogP contribution is -2.31. The molecule has 6 nitrogen and oxygen atoms in total. The van der Waals surface area contributed by atoms with Crippen LogP contribution in [0.1, 0.15) is 43.0 Å². The molecule has 1 aliphatic heterocycles. The lowest BCUT2D eigenvalue weighted by atomic mass is 10.1. The van der Waals surface area contributed by atoms with Crippen molar-refractivity contribution in [3.63, 3.8) is 0 Å². The lowest BCUT2D eigenvalue weighted by Gasteiger charge is -2.20. The Balaban J connectivity index is 1.47. The number of likely N-dealkylation sites (tertiary alicyclic amines) is 1. The minimum Gasteiger partial charge on any atom is -0.494 e. The Bertz CT molecular complexity index is 795. The van der Waals surface area contributed by atoms with Gasteiger partial charge in [0.05, 0.1) is 13.2 Å². The van der Waals surface area contributed by atoms with E-state index in [0.29, 0.717) is 12.2 Å². The van der Waals surface area contributed by atoms with Crippen LogP contribution in [-0.4, -0.2) is 43.0 Å². The van der Waals surface area contributed by atoms with Crippen LogP contribution in [0.3, 0.4) is 0 Å². The molecule has 0 aromatic heterocycles. The van der Waals surface area contributed by atoms with Crippen molar-refractivity contribution in [3.05, 3.63) is 54.1 Å². The van der Waals surface area contributed by atoms with E-state index in [4.69, 9.17) is 4.74 Å². The Hall–Kier alpha value is -3.02. The number of nitrogens with one attached hydrogen (secondary N) is 2. The molecule has 1 fully saturated rings. The molecule has 1 saturated heterocycles. The zero-order valence-electron chi connectivity index (χ0n) is 16.9. The molecule has 0 radical (unpaired) electrons. The number of carbonyl (C=O) groups excluding carboxylic acids is 2. The number of anilines is 2. The van der Waals surface area contributed by atoms with Gasteiger partial charge in [0.2, 0.25) is 5.91 Å². The fourth-order valence-corrected chi connectivity index (χ4v) is 3.38. The molecule has 2 aromatic carbocycles. The van der Waals surface area contributed by atoms with Gasteiger partial charge in [-0.15, -0.1) is 0 Å². The first kappa shape index (κ1) is 20.7. The van der Waals surface area contributed by atoms with Gasteiger partial charge >= 0.3 is 0 Å². The van der Waals surface area contributed by atoms with Crippen LogP contribution in [0, 0.1) is 0 Å². The normalized spacial score (nSPS) is 14.0. The van der Waals surface area contributed by atoms with E-state index < -0.39 is 0 Å². The first-order chi connectivity index (χ1) is 14.2. The summed E-state index contributed by atoms with van der Waals surface area (Å²) in [4.78, 5) is 26.7. The molecule has 1 aliphatic rings. The molecule has 0 bridgehead atoms. The van der Waals surface area contributed by atoms with Gasteiger partial charge in [-0.25, -0.2) is 0 Å². The molecule has 6 heteroatoms. The van der Waals surface area contributed by atoms with Gasteiger partial charge in [0, 0.05) is 30.0 Å². The smallest absolute Gasteiger partial charge is 0.253 e. The quantitative estimate of drug-likeness (QED) is 0.739. The average molecular weight is 396 g/mol. The fourth-order valence-electron chi connectivity index (χ4n) is 3.38. The van der Waals surface area contributed by atoms with Crippen molar-refractivity contribution in [3.8, 4) is 5.75 Å². The van der Waals surface area contributed by atoms with E-state index in [9.17, 15) is 9.59 Å². The van der Waals surface area contributed by atoms with Gasteiger partial charge in [-0.2, -0.15) is 0 Å². The maximum atomic E-state index is 12.6. The maximum Gasteiger partial charge on any atom is 0.253 e. The third-order valence-electron chi connectivity index (χ3n) is 4.93. The Morgan fingerprint density at radius 2 is 1.52 bits per heavy atom. The van der Waals surface area contributed by atoms with Gasteiger partial charge in [-0.1, -0.05) is 12.8 Å². The Kier molecular flexibility index (Phi) is 7.50. The average Bonchev–Trinajstić information content (AvgIpc) is 3.03. The predicted octanol–water partition coefficient (Wildman–Crippen LogP) is 4.15. The molecule has 0 saturated carbocycles. The van der Waals surface area contributed by atoms with Crippen LogP contribution in [0.2, 0.25) is 0 Å². The standard InChI is InChI=1S/C23H29N3O3/c1-2-29-21-13-11-20(12-14-21)25-22(27)17-24-19-9-7-18(8-10-19)23(28)26-15-5-3-4-6-16-26/h7-14,24H,2-6,15-17H2,1H3,(H,25,27). The van der Waals surface area contributed by atoms with Gasteiger partial charge in [0.15, 0.2) is 0 Å². The second-order valence-corrected chi connectivity index (χ2v) is 7.14. The van der Waals surface area contributed by atoms with Gasteiger partial charge in [0.1, 0.15) is 5.75 Å². The van der Waals surface area contributed by atoms with Crippen molar-refractivity contribution in [1.29, 1.82) is 0 Å². The summed E-state index contributed by atoms with van der Waals surface area (Å²) in [6, 6.07) is 14.6. The highest BCUT2D eigenvalue weighted by molar-refractivity contribution is 5.95. The molecular weight excluding hydrogens is 366 g/mol. The second kappa shape index (κ2) is 10.5. The highest BCUT2D eigenvalue weighted by Crippen LogP contribution is 2.17. The van der Waals surface area contributed by atoms with E-state index in [2.05, 4.69) is 10.6 Å². The number of rotatable bonds is 7. The largest absolute Gasteiger partial charge is 0.494 e. The summed E-state index contributed by atoms with van der Waals surface area (Å²) in [5.41, 5.74) is 2.22. The van der Waals surface area contributed by atoms with E-state index >= 15 is 0 Å². The minimum absolute atomic E-state index is 0.0895. The van der Waals surface area contributed by atoms with Crippen LogP contribution in [0.5, 0.6) is 5.75 Å². The molecule has 0 spiro atoms. The van der Waals surface area contributed by atoms with Crippen LogP contribution in [-0.2, 0) is 4.79 Å². The fraction of sp³-hybridized carbons (Fsp3) is 0.391. The van der Waals surface area contributed by atoms with Crippen LogP contribution in [0.4, 0.5) is 11.4 Å². The zero-order chi connectivity index (χ0) is 20.5. The van der Waals surface area contributed by atoms with Gasteiger partial charge in [-0.05, 0) is 68.3 Å². The Morgan fingerprint density at radius 1 is 0.897 bits per heavy atom. The van der Waals surface area contributed by atoms with Crippen molar-refractivity contribution in [1.82, 2.24) is 4.90 Å². The first-order valence-corrected chi connectivity index (χ1v) is 10.3. The van der Waals surface area contributed by atoms with Gasteiger partial charge in [0.25, 0.3) is 5.91 Å². The zero-order valence-corrected chi connectivity index (χ0v) is 16.9. The molecule has 29 heavy (non-hydrogen) atoms. The monoisotopic (exact) mass is 395 g/mol. The van der Waals surface area contributed by atoms with E-state index in [-0.39, 0.29) is 18.4 Å². The highest BCUT2D eigenvalue weighted by Gasteiger charge is 2.17. The SMILES string of the molecule is CCOc1ccc(NC(=O)CNc2ccc(C(=O)N3CCCCCC3)cc2)cc1. The minimum atomic E-state index is -0.140. The molecule has 3 rings (SSSR count). The molecule has 2 aromatic rings. The molecule has 0 aliphatic carbocycles. The molecule has 0 unspecified atom stereocenters. The summed E-state index contributed by atoms with van der Waals surface area (Å²) in [5.74, 6) is 0.726. The van der Waals surface area contributed by atoms with Crippen molar-refractivity contribution in [2.24, 2.45) is 0 Å². The molecule has 2 amide bonds. The summed E-state index contributed by atoms with van der Waals surface area (Å²) >= 11 is 0. The van der Waals surface area contributed by atoms with Crippen molar-refractivity contribution in [2.75, 3.05) is 36.9 Å². The third kappa shape index (κ3) is 6.24. The van der Waals surface area contributed by atoms with Crippen molar-refractivity contribution < 1.29 is 14.3 Å². The Morgan fingerprint density at radius 3 is 2.14 bits per heavy atom. The number of nitrogens with zero attached hydrogens (tertiary/aromatic N) is 1. The Labute approximate surface area is 172 Å². The summed E-state index contributed by atoms with van der Waals surface area (Å²) in [6.07, 6.45) is 4.56. The molecule has 154 valence electrons. The van der Waals surface area contributed by atoms with Crippen LogP contribution in [0.25, 0.3) is 0 Å². The predicted molar refractivity (Wildman–Crippen MR) is 116 cm³/mol. The third-order valence-corrected chi connectivity index (χ3v) is 4.93. The van der Waals surface area contributed by atoms with Gasteiger partial charge < -0.3 is 20.3 Å². The number of amides is 2. The summed E-state index contributed by atoms with van der Waals surface area (Å²) in [7, 11) is 0. The lowest BCUT2D eigenvalue weighted by molar-refractivity contribution is -0.114. The van der Waals surface area contributed by atoms with E-state index in [0.717, 1.165) is 43.1 Å². The second-order valence-electron chi connectivity index (χ2n) is 7.14. The maximum absolute atomic E-state index is 12.6. The van der Waals surface area contributed by atoms with Crippen LogP contribution >= 0.6 is 0 Å². The van der Waals surface area contributed by atoms with E-state index in [1.165, 1.54) is 12.8 Å². The number of hydrogen-bond donors (Lipinski definition) is 2. The first-order valence-electron chi connectivity index (χ1n) is 10.3. The number of hydrogen-bond acceptors (Lipinski definition) is 4. The van der Waals surface area contributed by atoms with E-state index in [1.807, 2.05) is 60.4 Å². The topological polar surface area (TPSA) is 70.7 Å². The number of benzene rings is 2. The van der Waals surface area contributed by atoms with Crippen LogP contribution in [0.15, 0.2) is 48.5 Å². The molecule has 2 N–H and O–H groups in total. The molecule has 0 atom stereocenters. The van der Waals surface area contributed by atoms with Crippen molar-refractivity contribution in [2.45, 2.75) is 32.6 Å². The van der Waals surface area contributed by atoms with Gasteiger partial charge in [-0.3, -0.25) is 9.59 Å². The number of carbonyl (C=O) groups is 2. The van der Waals surface area contributed by atoms with Crippen molar-refractivity contribution >= 4 is 23.2 Å².